The Labute approximate surface area is 165 Å². The van der Waals surface area contributed by atoms with Crippen LogP contribution in [0.15, 0.2) is 12.2 Å². The second-order valence-corrected chi connectivity index (χ2v) is 6.96. The van der Waals surface area contributed by atoms with Crippen LogP contribution >= 0.6 is 0 Å². The molecular formula is C22H40O5. The summed E-state index contributed by atoms with van der Waals surface area (Å²) in [4.78, 5) is 22.8. The second kappa shape index (κ2) is 19.4. The quantitative estimate of drug-likeness (QED) is 0.202. The minimum Gasteiger partial charge on any atom is -0.462 e. The molecule has 0 aliphatic heterocycles. The lowest BCUT2D eigenvalue weighted by molar-refractivity contribution is -0.161. The summed E-state index contributed by atoms with van der Waals surface area (Å²) in [5.74, 6) is -0.705. The largest absolute Gasteiger partial charge is 0.462 e. The molecule has 0 bridgehead atoms. The minimum absolute atomic E-state index is 0.0823. The Morgan fingerprint density at radius 2 is 1.44 bits per heavy atom. The molecule has 0 aromatic heterocycles. The number of hydrogen-bond donors (Lipinski definition) is 1. The molecule has 1 unspecified atom stereocenters. The van der Waals surface area contributed by atoms with Crippen molar-refractivity contribution < 1.29 is 24.2 Å². The van der Waals surface area contributed by atoms with Crippen LogP contribution in [0.2, 0.25) is 0 Å². The molecule has 0 amide bonds. The number of aliphatic hydroxyl groups is 1. The van der Waals surface area contributed by atoms with Crippen LogP contribution in [0, 0.1) is 0 Å². The molecule has 0 saturated heterocycles. The van der Waals surface area contributed by atoms with E-state index in [2.05, 4.69) is 19.1 Å². The molecular weight excluding hydrogens is 344 g/mol. The van der Waals surface area contributed by atoms with E-state index in [1.165, 1.54) is 44.9 Å². The van der Waals surface area contributed by atoms with Crippen molar-refractivity contribution >= 4 is 11.9 Å². The number of aliphatic hydroxyl groups excluding tert-OH is 1. The first-order chi connectivity index (χ1) is 13.1. The van der Waals surface area contributed by atoms with E-state index in [1.54, 1.807) is 6.92 Å². The van der Waals surface area contributed by atoms with Crippen LogP contribution in [0.3, 0.4) is 0 Å². The average molecular weight is 385 g/mol. The van der Waals surface area contributed by atoms with Gasteiger partial charge in [0.2, 0.25) is 0 Å². The molecule has 1 atom stereocenters. The summed E-state index contributed by atoms with van der Waals surface area (Å²) in [5, 5.41) is 9.17. The summed E-state index contributed by atoms with van der Waals surface area (Å²) in [5.41, 5.74) is 0. The highest BCUT2D eigenvalue weighted by atomic mass is 16.6. The van der Waals surface area contributed by atoms with Crippen molar-refractivity contribution in [2.24, 2.45) is 0 Å². The molecule has 0 heterocycles. The lowest BCUT2D eigenvalue weighted by Crippen LogP contribution is -2.28. The number of esters is 2. The van der Waals surface area contributed by atoms with Crippen molar-refractivity contribution in [1.82, 2.24) is 0 Å². The van der Waals surface area contributed by atoms with E-state index >= 15 is 0 Å². The van der Waals surface area contributed by atoms with Crippen LogP contribution in [0.5, 0.6) is 0 Å². The maximum atomic E-state index is 11.7. The van der Waals surface area contributed by atoms with Gasteiger partial charge in [0.1, 0.15) is 6.61 Å². The Morgan fingerprint density at radius 3 is 2.04 bits per heavy atom. The number of carbonyl (C=O) groups is 2. The van der Waals surface area contributed by atoms with Gasteiger partial charge in [-0.05, 0) is 32.1 Å². The van der Waals surface area contributed by atoms with Gasteiger partial charge in [-0.1, -0.05) is 64.5 Å². The van der Waals surface area contributed by atoms with Crippen molar-refractivity contribution in [2.45, 2.75) is 103 Å². The summed E-state index contributed by atoms with van der Waals surface area (Å²) in [7, 11) is 0. The van der Waals surface area contributed by atoms with Crippen LogP contribution in [0.1, 0.15) is 97.3 Å². The van der Waals surface area contributed by atoms with Gasteiger partial charge in [0.05, 0.1) is 6.61 Å². The predicted octanol–water partition coefficient (Wildman–Crippen LogP) is 5.10. The number of rotatable bonds is 18. The molecule has 0 aromatic rings. The topological polar surface area (TPSA) is 72.8 Å². The predicted molar refractivity (Wildman–Crippen MR) is 108 cm³/mol. The van der Waals surface area contributed by atoms with Crippen molar-refractivity contribution in [1.29, 1.82) is 0 Å². The normalized spacial score (nSPS) is 12.3. The van der Waals surface area contributed by atoms with Crippen LogP contribution in [0.4, 0.5) is 0 Å². The Morgan fingerprint density at radius 1 is 0.852 bits per heavy atom. The molecule has 0 spiro atoms. The van der Waals surface area contributed by atoms with Crippen molar-refractivity contribution in [2.75, 3.05) is 13.2 Å². The van der Waals surface area contributed by atoms with E-state index in [0.717, 1.165) is 25.7 Å². The zero-order chi connectivity index (χ0) is 20.2. The summed E-state index contributed by atoms with van der Waals surface area (Å²) in [6.45, 7) is 3.50. The number of hydrogen-bond acceptors (Lipinski definition) is 5. The van der Waals surface area contributed by atoms with Gasteiger partial charge < -0.3 is 14.6 Å². The van der Waals surface area contributed by atoms with Crippen LogP contribution in [-0.4, -0.2) is 36.4 Å². The average Bonchev–Trinajstić information content (AvgIpc) is 2.68. The van der Waals surface area contributed by atoms with Crippen LogP contribution in [0.25, 0.3) is 0 Å². The highest BCUT2D eigenvalue weighted by molar-refractivity contribution is 5.70. The van der Waals surface area contributed by atoms with Gasteiger partial charge in [-0.25, -0.2) is 0 Å². The number of ether oxygens (including phenoxy) is 2. The van der Waals surface area contributed by atoms with Crippen LogP contribution < -0.4 is 0 Å². The third-order valence-corrected chi connectivity index (χ3v) is 4.36. The lowest BCUT2D eigenvalue weighted by Gasteiger charge is -2.15. The first-order valence-electron chi connectivity index (χ1n) is 10.7. The van der Waals surface area contributed by atoms with E-state index in [1.807, 2.05) is 0 Å². The maximum absolute atomic E-state index is 11.7. The van der Waals surface area contributed by atoms with Gasteiger partial charge in [-0.3, -0.25) is 9.59 Å². The Hall–Kier alpha value is -1.36. The van der Waals surface area contributed by atoms with Gasteiger partial charge in [-0.15, -0.1) is 0 Å². The summed E-state index contributed by atoms with van der Waals surface area (Å²) in [6.07, 6.45) is 17.4. The van der Waals surface area contributed by atoms with Crippen LogP contribution in [-0.2, 0) is 19.1 Å². The first kappa shape index (κ1) is 25.6. The zero-order valence-corrected chi connectivity index (χ0v) is 17.4. The highest BCUT2D eigenvalue weighted by Crippen LogP contribution is 2.10. The third kappa shape index (κ3) is 17.8. The van der Waals surface area contributed by atoms with Gasteiger partial charge in [-0.2, -0.15) is 0 Å². The highest BCUT2D eigenvalue weighted by Gasteiger charge is 2.15. The van der Waals surface area contributed by atoms with E-state index in [0.29, 0.717) is 6.42 Å². The second-order valence-electron chi connectivity index (χ2n) is 6.96. The van der Waals surface area contributed by atoms with Gasteiger partial charge in [0, 0.05) is 12.8 Å². The molecule has 5 heteroatoms. The van der Waals surface area contributed by atoms with Gasteiger partial charge in [0.15, 0.2) is 6.10 Å². The summed E-state index contributed by atoms with van der Waals surface area (Å²) >= 11 is 0. The van der Waals surface area contributed by atoms with E-state index in [4.69, 9.17) is 9.47 Å². The zero-order valence-electron chi connectivity index (χ0n) is 17.4. The monoisotopic (exact) mass is 384 g/mol. The number of carbonyl (C=O) groups excluding carboxylic acids is 2. The SMILES string of the molecule is CCCCCC/C=C\CCCCCCCC(=O)OC(CO)COC(=O)CC. The fraction of sp³-hybridized carbons (Fsp3) is 0.818. The molecule has 1 N–H and O–H groups in total. The fourth-order valence-electron chi connectivity index (χ4n) is 2.64. The standard InChI is InChI=1S/C22H40O5/c1-3-5-6-7-8-9-10-11-12-13-14-15-16-17-22(25)27-20(18-23)19-26-21(24)4-2/h9-10,20,23H,3-8,11-19H2,1-2H3/b10-9-. The molecule has 0 aliphatic rings. The maximum Gasteiger partial charge on any atom is 0.306 e. The third-order valence-electron chi connectivity index (χ3n) is 4.36. The Balaban J connectivity index is 3.51. The Kier molecular flexibility index (Phi) is 18.4. The van der Waals surface area contributed by atoms with E-state index < -0.39 is 6.10 Å². The first-order valence-corrected chi connectivity index (χ1v) is 10.7. The molecule has 0 radical (unpaired) electrons. The summed E-state index contributed by atoms with van der Waals surface area (Å²) < 4.78 is 10.0. The molecule has 0 saturated carbocycles. The smallest absolute Gasteiger partial charge is 0.306 e. The number of unbranched alkanes of at least 4 members (excludes halogenated alkanes) is 9. The molecule has 0 rings (SSSR count). The molecule has 27 heavy (non-hydrogen) atoms. The fourth-order valence-corrected chi connectivity index (χ4v) is 2.64. The van der Waals surface area contributed by atoms with E-state index in [9.17, 15) is 14.7 Å². The molecule has 5 nitrogen and oxygen atoms in total. The molecule has 0 fully saturated rings. The summed E-state index contributed by atoms with van der Waals surface area (Å²) in [6, 6.07) is 0. The van der Waals surface area contributed by atoms with Gasteiger partial charge >= 0.3 is 11.9 Å². The molecule has 0 aromatic carbocycles. The molecule has 0 aliphatic carbocycles. The van der Waals surface area contributed by atoms with Crippen molar-refractivity contribution in [3.8, 4) is 0 Å². The number of allylic oxidation sites excluding steroid dienone is 2. The van der Waals surface area contributed by atoms with E-state index in [-0.39, 0.29) is 31.6 Å². The lowest BCUT2D eigenvalue weighted by atomic mass is 10.1. The Bertz CT molecular complexity index is 392. The van der Waals surface area contributed by atoms with Crippen molar-refractivity contribution in [3.05, 3.63) is 12.2 Å². The minimum atomic E-state index is -0.762. The molecule has 158 valence electrons. The van der Waals surface area contributed by atoms with Gasteiger partial charge in [0.25, 0.3) is 0 Å². The van der Waals surface area contributed by atoms with Crippen molar-refractivity contribution in [3.63, 3.8) is 0 Å².